The molecule has 1 aromatic heterocycles. The van der Waals surface area contributed by atoms with Crippen molar-refractivity contribution >= 4 is 11.8 Å². The molecule has 3 aliphatic rings. The first-order chi connectivity index (χ1) is 14.1. The Kier molecular flexibility index (Phi) is 4.54. The number of hydrogen-bond donors (Lipinski definition) is 1. The molecule has 0 aliphatic carbocycles. The van der Waals surface area contributed by atoms with Crippen LogP contribution in [0.4, 0.5) is 0 Å². The Bertz CT molecular complexity index is 938. The lowest BCUT2D eigenvalue weighted by Crippen LogP contribution is -2.52. The summed E-state index contributed by atoms with van der Waals surface area (Å²) < 4.78 is 6.30. The lowest BCUT2D eigenvalue weighted by molar-refractivity contribution is -0.143. The van der Waals surface area contributed by atoms with Crippen LogP contribution >= 0.6 is 0 Å². The fourth-order valence-electron chi connectivity index (χ4n) is 4.62. The standard InChI is InChI=1S/C22H24N4O3/c27-18-7-6-17(24-18)21(28)26-11-9-22(10-12-26)19-16(8-13-29-22)14-23-20(25-19)15-4-2-1-3-5-15/h1-5,14,17H,6-13H2,(H,24,27). The predicted octanol–water partition coefficient (Wildman–Crippen LogP) is 1.81. The highest BCUT2D eigenvalue weighted by molar-refractivity contribution is 5.90. The summed E-state index contributed by atoms with van der Waals surface area (Å²) in [6.45, 7) is 1.86. The molecule has 7 nitrogen and oxygen atoms in total. The summed E-state index contributed by atoms with van der Waals surface area (Å²) in [5.74, 6) is 0.697. The van der Waals surface area contributed by atoms with Crippen LogP contribution in [-0.4, -0.2) is 52.4 Å². The van der Waals surface area contributed by atoms with Crippen molar-refractivity contribution in [3.05, 3.63) is 47.8 Å². The van der Waals surface area contributed by atoms with Crippen molar-refractivity contribution in [2.24, 2.45) is 0 Å². The minimum absolute atomic E-state index is 0.0226. The van der Waals surface area contributed by atoms with E-state index in [1.165, 1.54) is 0 Å². The molecule has 1 N–H and O–H groups in total. The van der Waals surface area contributed by atoms with Crippen molar-refractivity contribution in [2.75, 3.05) is 19.7 Å². The van der Waals surface area contributed by atoms with E-state index in [-0.39, 0.29) is 17.9 Å². The van der Waals surface area contributed by atoms with E-state index in [4.69, 9.17) is 9.72 Å². The zero-order chi connectivity index (χ0) is 19.8. The molecule has 150 valence electrons. The van der Waals surface area contributed by atoms with Crippen LogP contribution in [0.15, 0.2) is 36.5 Å². The van der Waals surface area contributed by atoms with Gasteiger partial charge < -0.3 is 15.0 Å². The number of piperidine rings is 1. The number of carbonyl (C=O) groups excluding carboxylic acids is 2. The van der Waals surface area contributed by atoms with Crippen molar-refractivity contribution in [3.63, 3.8) is 0 Å². The fourth-order valence-corrected chi connectivity index (χ4v) is 4.62. The third-order valence-corrected chi connectivity index (χ3v) is 6.25. The Balaban J connectivity index is 1.38. The molecule has 0 bridgehead atoms. The van der Waals surface area contributed by atoms with Crippen molar-refractivity contribution < 1.29 is 14.3 Å². The van der Waals surface area contributed by atoms with E-state index >= 15 is 0 Å². The molecule has 4 heterocycles. The lowest BCUT2D eigenvalue weighted by atomic mass is 9.83. The molecule has 2 aromatic rings. The zero-order valence-electron chi connectivity index (χ0n) is 16.3. The van der Waals surface area contributed by atoms with E-state index in [2.05, 4.69) is 10.3 Å². The maximum atomic E-state index is 12.7. The largest absolute Gasteiger partial charge is 0.368 e. The van der Waals surface area contributed by atoms with E-state index in [0.29, 0.717) is 51.2 Å². The van der Waals surface area contributed by atoms with Gasteiger partial charge in [-0.2, -0.15) is 0 Å². The van der Waals surface area contributed by atoms with Gasteiger partial charge in [0.25, 0.3) is 0 Å². The first-order valence-corrected chi connectivity index (χ1v) is 10.3. The van der Waals surface area contributed by atoms with Crippen molar-refractivity contribution in [2.45, 2.75) is 43.7 Å². The molecule has 5 rings (SSSR count). The third kappa shape index (κ3) is 3.29. The van der Waals surface area contributed by atoms with Gasteiger partial charge in [-0.05, 0) is 31.2 Å². The molecule has 2 amide bonds. The molecule has 1 aromatic carbocycles. The van der Waals surface area contributed by atoms with E-state index in [1.807, 2.05) is 41.4 Å². The van der Waals surface area contributed by atoms with Gasteiger partial charge in [-0.3, -0.25) is 9.59 Å². The van der Waals surface area contributed by atoms with Crippen LogP contribution < -0.4 is 5.32 Å². The van der Waals surface area contributed by atoms with Gasteiger partial charge in [0.2, 0.25) is 11.8 Å². The van der Waals surface area contributed by atoms with Crippen LogP contribution in [0, 0.1) is 0 Å². The van der Waals surface area contributed by atoms with Crippen LogP contribution in [-0.2, 0) is 26.3 Å². The maximum Gasteiger partial charge on any atom is 0.245 e. The average molecular weight is 392 g/mol. The van der Waals surface area contributed by atoms with E-state index in [0.717, 1.165) is 23.2 Å². The summed E-state index contributed by atoms with van der Waals surface area (Å²) in [6.07, 6.45) is 5.18. The average Bonchev–Trinajstić information content (AvgIpc) is 3.21. The Hall–Kier alpha value is -2.80. The van der Waals surface area contributed by atoms with Gasteiger partial charge in [0, 0.05) is 31.3 Å². The number of carbonyl (C=O) groups is 2. The summed E-state index contributed by atoms with van der Waals surface area (Å²) in [4.78, 5) is 35.6. The highest BCUT2D eigenvalue weighted by Gasteiger charge is 2.44. The second kappa shape index (κ2) is 7.22. The molecule has 0 radical (unpaired) electrons. The van der Waals surface area contributed by atoms with Crippen LogP contribution in [0.1, 0.15) is 36.9 Å². The number of benzene rings is 1. The van der Waals surface area contributed by atoms with E-state index < -0.39 is 5.60 Å². The minimum Gasteiger partial charge on any atom is -0.368 e. The number of amides is 2. The fraction of sp³-hybridized carbons (Fsp3) is 0.455. The quantitative estimate of drug-likeness (QED) is 0.843. The Morgan fingerprint density at radius 1 is 1.17 bits per heavy atom. The number of fused-ring (bicyclic) bond motifs is 2. The number of nitrogens with one attached hydrogen (secondary N) is 1. The SMILES string of the molecule is O=C1CCC(C(=O)N2CCC3(CC2)OCCc2cnc(-c4ccccc4)nc23)N1. The third-order valence-electron chi connectivity index (χ3n) is 6.25. The summed E-state index contributed by atoms with van der Waals surface area (Å²) in [5, 5.41) is 2.78. The first kappa shape index (κ1) is 18.2. The molecule has 2 fully saturated rings. The van der Waals surface area contributed by atoms with Crippen molar-refractivity contribution in [3.8, 4) is 11.4 Å². The maximum absolute atomic E-state index is 12.7. The van der Waals surface area contributed by atoms with Gasteiger partial charge in [-0.1, -0.05) is 30.3 Å². The van der Waals surface area contributed by atoms with E-state index in [9.17, 15) is 9.59 Å². The predicted molar refractivity (Wildman–Crippen MR) is 106 cm³/mol. The van der Waals surface area contributed by atoms with Crippen molar-refractivity contribution in [1.29, 1.82) is 0 Å². The number of rotatable bonds is 2. The molecule has 3 aliphatic heterocycles. The van der Waals surface area contributed by atoms with Crippen molar-refractivity contribution in [1.82, 2.24) is 20.2 Å². The Labute approximate surface area is 169 Å². The molecule has 0 saturated carbocycles. The normalized spacial score (nSPS) is 23.0. The van der Waals surface area contributed by atoms with E-state index in [1.54, 1.807) is 0 Å². The first-order valence-electron chi connectivity index (χ1n) is 10.3. The summed E-state index contributed by atoms with van der Waals surface area (Å²) in [7, 11) is 0. The summed E-state index contributed by atoms with van der Waals surface area (Å²) >= 11 is 0. The van der Waals surface area contributed by atoms with Crippen LogP contribution in [0.25, 0.3) is 11.4 Å². The number of likely N-dealkylation sites (tertiary alicyclic amines) is 1. The molecule has 7 heteroatoms. The molecule has 1 atom stereocenters. The van der Waals surface area contributed by atoms with Gasteiger partial charge in [0.05, 0.1) is 12.3 Å². The van der Waals surface area contributed by atoms with Crippen LogP contribution in [0.5, 0.6) is 0 Å². The number of ether oxygens (including phenoxy) is 1. The monoisotopic (exact) mass is 392 g/mol. The highest BCUT2D eigenvalue weighted by atomic mass is 16.5. The van der Waals surface area contributed by atoms with Crippen LogP contribution in [0.3, 0.4) is 0 Å². The summed E-state index contributed by atoms with van der Waals surface area (Å²) in [6, 6.07) is 9.59. The molecule has 29 heavy (non-hydrogen) atoms. The topological polar surface area (TPSA) is 84.4 Å². The Morgan fingerprint density at radius 2 is 1.97 bits per heavy atom. The van der Waals surface area contributed by atoms with Gasteiger partial charge in [-0.15, -0.1) is 0 Å². The van der Waals surface area contributed by atoms with Gasteiger partial charge >= 0.3 is 0 Å². The lowest BCUT2D eigenvalue weighted by Gasteiger charge is -2.44. The molecule has 1 unspecified atom stereocenters. The number of aromatic nitrogens is 2. The number of nitrogens with zero attached hydrogens (tertiary/aromatic N) is 3. The molecular weight excluding hydrogens is 368 g/mol. The number of hydrogen-bond acceptors (Lipinski definition) is 5. The smallest absolute Gasteiger partial charge is 0.245 e. The Morgan fingerprint density at radius 3 is 2.69 bits per heavy atom. The zero-order valence-corrected chi connectivity index (χ0v) is 16.3. The van der Waals surface area contributed by atoms with Gasteiger partial charge in [-0.25, -0.2) is 9.97 Å². The molecule has 2 saturated heterocycles. The highest BCUT2D eigenvalue weighted by Crippen LogP contribution is 2.41. The molecular formula is C22H24N4O3. The second-order valence-electron chi connectivity index (χ2n) is 8.01. The molecule has 1 spiro atoms. The summed E-state index contributed by atoms with van der Waals surface area (Å²) in [5.41, 5.74) is 2.63. The van der Waals surface area contributed by atoms with Gasteiger partial charge in [0.1, 0.15) is 11.6 Å². The van der Waals surface area contributed by atoms with Gasteiger partial charge in [0.15, 0.2) is 5.82 Å². The minimum atomic E-state index is -0.463. The van der Waals surface area contributed by atoms with Crippen LogP contribution in [0.2, 0.25) is 0 Å². The second-order valence-corrected chi connectivity index (χ2v) is 8.01.